The molecule has 1 unspecified atom stereocenters. The highest BCUT2D eigenvalue weighted by molar-refractivity contribution is 5.31. The van der Waals surface area contributed by atoms with Crippen LogP contribution in [0.4, 0.5) is 0 Å². The number of hydrogen-bond donors (Lipinski definition) is 1. The first-order chi connectivity index (χ1) is 9.17. The topological polar surface area (TPSA) is 47.0 Å². The molecule has 106 valence electrons. The van der Waals surface area contributed by atoms with Crippen molar-refractivity contribution in [3.8, 4) is 0 Å². The molecule has 2 rings (SSSR count). The standard InChI is InChI=1S/C15H25N3O/c1-5-7-13(19-6-2)15-17-12-9-16-8-11(12)14(18-15)10(3)4/h10,13,16H,5-9H2,1-4H3. The lowest BCUT2D eigenvalue weighted by Gasteiger charge is -2.18. The molecule has 4 nitrogen and oxygen atoms in total. The normalized spacial score (nSPS) is 15.8. The predicted octanol–water partition coefficient (Wildman–Crippen LogP) is 3.08. The number of nitrogens with zero attached hydrogens (tertiary/aromatic N) is 2. The van der Waals surface area contributed by atoms with E-state index in [-0.39, 0.29) is 6.10 Å². The van der Waals surface area contributed by atoms with Gasteiger partial charge in [-0.25, -0.2) is 9.97 Å². The number of ether oxygens (including phenoxy) is 1. The first-order valence-corrected chi connectivity index (χ1v) is 7.39. The van der Waals surface area contributed by atoms with E-state index in [4.69, 9.17) is 14.7 Å². The Balaban J connectivity index is 2.37. The molecule has 1 atom stereocenters. The average molecular weight is 263 g/mol. The highest BCUT2D eigenvalue weighted by atomic mass is 16.5. The van der Waals surface area contributed by atoms with Crippen molar-refractivity contribution in [1.82, 2.24) is 15.3 Å². The van der Waals surface area contributed by atoms with Gasteiger partial charge in [0.2, 0.25) is 0 Å². The van der Waals surface area contributed by atoms with Gasteiger partial charge in [-0.1, -0.05) is 27.2 Å². The van der Waals surface area contributed by atoms with E-state index in [0.29, 0.717) is 12.5 Å². The number of aromatic nitrogens is 2. The Bertz CT molecular complexity index is 426. The Kier molecular flexibility index (Phi) is 4.88. The van der Waals surface area contributed by atoms with Gasteiger partial charge in [0.25, 0.3) is 0 Å². The maximum Gasteiger partial charge on any atom is 0.157 e. The van der Waals surface area contributed by atoms with Crippen molar-refractivity contribution in [2.45, 2.75) is 65.6 Å². The van der Waals surface area contributed by atoms with Gasteiger partial charge >= 0.3 is 0 Å². The van der Waals surface area contributed by atoms with Gasteiger partial charge in [-0.2, -0.15) is 0 Å². The fourth-order valence-corrected chi connectivity index (χ4v) is 2.59. The van der Waals surface area contributed by atoms with Crippen LogP contribution in [0.2, 0.25) is 0 Å². The maximum absolute atomic E-state index is 5.82. The Morgan fingerprint density at radius 1 is 1.21 bits per heavy atom. The monoisotopic (exact) mass is 263 g/mol. The van der Waals surface area contributed by atoms with Crippen molar-refractivity contribution >= 4 is 0 Å². The molecule has 1 aliphatic heterocycles. The summed E-state index contributed by atoms with van der Waals surface area (Å²) in [5.41, 5.74) is 3.64. The zero-order valence-corrected chi connectivity index (χ0v) is 12.5. The molecule has 0 fully saturated rings. The van der Waals surface area contributed by atoms with Gasteiger partial charge in [0.05, 0.1) is 11.4 Å². The summed E-state index contributed by atoms with van der Waals surface area (Å²) in [5.74, 6) is 1.30. The minimum absolute atomic E-state index is 0.0402. The van der Waals surface area contributed by atoms with Crippen LogP contribution in [0.15, 0.2) is 0 Å². The molecule has 4 heteroatoms. The summed E-state index contributed by atoms with van der Waals surface area (Å²) in [5, 5.41) is 3.37. The van der Waals surface area contributed by atoms with E-state index < -0.39 is 0 Å². The SMILES string of the molecule is CCCC(OCC)c1nc2c(c(C(C)C)n1)CNC2. The lowest BCUT2D eigenvalue weighted by molar-refractivity contribution is 0.0490. The molecule has 2 heterocycles. The van der Waals surface area contributed by atoms with Crippen LogP contribution in [-0.4, -0.2) is 16.6 Å². The molecule has 1 aromatic heterocycles. The van der Waals surface area contributed by atoms with E-state index in [1.807, 2.05) is 6.92 Å². The van der Waals surface area contributed by atoms with Gasteiger partial charge in [0.1, 0.15) is 6.10 Å². The summed E-state index contributed by atoms with van der Waals surface area (Å²) in [6.07, 6.45) is 2.11. The van der Waals surface area contributed by atoms with Crippen molar-refractivity contribution in [2.75, 3.05) is 6.61 Å². The Morgan fingerprint density at radius 3 is 2.63 bits per heavy atom. The summed E-state index contributed by atoms with van der Waals surface area (Å²) in [6.45, 7) is 11.1. The summed E-state index contributed by atoms with van der Waals surface area (Å²) in [6, 6.07) is 0. The van der Waals surface area contributed by atoms with Crippen molar-refractivity contribution < 1.29 is 4.74 Å². The van der Waals surface area contributed by atoms with Crippen LogP contribution in [0, 0.1) is 0 Å². The smallest absolute Gasteiger partial charge is 0.157 e. The molecule has 0 aliphatic carbocycles. The fraction of sp³-hybridized carbons (Fsp3) is 0.733. The third-order valence-electron chi connectivity index (χ3n) is 3.49. The van der Waals surface area contributed by atoms with Gasteiger partial charge in [-0.15, -0.1) is 0 Å². The van der Waals surface area contributed by atoms with Crippen molar-refractivity contribution in [3.05, 3.63) is 22.8 Å². The molecule has 0 radical (unpaired) electrons. The molecule has 0 saturated heterocycles. The van der Waals surface area contributed by atoms with Crippen LogP contribution in [-0.2, 0) is 17.8 Å². The van der Waals surface area contributed by atoms with Gasteiger partial charge in [0, 0.05) is 25.3 Å². The number of nitrogens with one attached hydrogen (secondary N) is 1. The van der Waals surface area contributed by atoms with Crippen molar-refractivity contribution in [1.29, 1.82) is 0 Å². The first-order valence-electron chi connectivity index (χ1n) is 7.39. The molecule has 19 heavy (non-hydrogen) atoms. The van der Waals surface area contributed by atoms with Crippen molar-refractivity contribution in [3.63, 3.8) is 0 Å². The van der Waals surface area contributed by atoms with Gasteiger partial charge < -0.3 is 10.1 Å². The second-order valence-electron chi connectivity index (χ2n) is 5.38. The van der Waals surface area contributed by atoms with Crippen LogP contribution in [0.25, 0.3) is 0 Å². The highest BCUT2D eigenvalue weighted by Gasteiger charge is 2.23. The largest absolute Gasteiger partial charge is 0.371 e. The molecule has 1 aromatic rings. The molecular formula is C15H25N3O. The molecule has 0 aromatic carbocycles. The number of fused-ring (bicyclic) bond motifs is 1. The van der Waals surface area contributed by atoms with E-state index in [9.17, 15) is 0 Å². The average Bonchev–Trinajstić information content (AvgIpc) is 2.85. The van der Waals surface area contributed by atoms with Gasteiger partial charge in [0.15, 0.2) is 5.82 Å². The molecule has 0 spiro atoms. The minimum Gasteiger partial charge on any atom is -0.371 e. The molecule has 1 N–H and O–H groups in total. The zero-order chi connectivity index (χ0) is 13.8. The Labute approximate surface area is 116 Å². The summed E-state index contributed by atoms with van der Waals surface area (Å²) < 4.78 is 5.82. The zero-order valence-electron chi connectivity index (χ0n) is 12.5. The van der Waals surface area contributed by atoms with E-state index in [1.165, 1.54) is 11.3 Å². The number of hydrogen-bond acceptors (Lipinski definition) is 4. The van der Waals surface area contributed by atoms with E-state index in [1.54, 1.807) is 0 Å². The molecule has 0 amide bonds. The van der Waals surface area contributed by atoms with Gasteiger partial charge in [-0.05, 0) is 19.3 Å². The third kappa shape index (κ3) is 3.12. The van der Waals surface area contributed by atoms with E-state index >= 15 is 0 Å². The van der Waals surface area contributed by atoms with E-state index in [0.717, 1.165) is 37.4 Å². The first kappa shape index (κ1) is 14.4. The highest BCUT2D eigenvalue weighted by Crippen LogP contribution is 2.27. The van der Waals surface area contributed by atoms with Crippen LogP contribution in [0.1, 0.15) is 75.3 Å². The van der Waals surface area contributed by atoms with Crippen LogP contribution in [0.3, 0.4) is 0 Å². The second-order valence-corrected chi connectivity index (χ2v) is 5.38. The minimum atomic E-state index is 0.0402. The summed E-state index contributed by atoms with van der Waals surface area (Å²) in [7, 11) is 0. The van der Waals surface area contributed by atoms with Crippen LogP contribution < -0.4 is 5.32 Å². The van der Waals surface area contributed by atoms with Crippen molar-refractivity contribution in [2.24, 2.45) is 0 Å². The Morgan fingerprint density at radius 2 is 2.00 bits per heavy atom. The summed E-state index contributed by atoms with van der Waals surface area (Å²) in [4.78, 5) is 9.54. The van der Waals surface area contributed by atoms with E-state index in [2.05, 4.69) is 26.1 Å². The lowest BCUT2D eigenvalue weighted by atomic mass is 10.0. The number of rotatable bonds is 6. The second kappa shape index (κ2) is 6.44. The molecule has 0 bridgehead atoms. The summed E-state index contributed by atoms with van der Waals surface area (Å²) >= 11 is 0. The Hall–Kier alpha value is -1.00. The molecule has 0 saturated carbocycles. The molecule has 1 aliphatic rings. The quantitative estimate of drug-likeness (QED) is 0.856. The third-order valence-corrected chi connectivity index (χ3v) is 3.49. The van der Waals surface area contributed by atoms with Gasteiger partial charge in [-0.3, -0.25) is 0 Å². The molecular weight excluding hydrogens is 238 g/mol. The fourth-order valence-electron chi connectivity index (χ4n) is 2.59. The lowest BCUT2D eigenvalue weighted by Crippen LogP contribution is -2.13. The van der Waals surface area contributed by atoms with Crippen LogP contribution >= 0.6 is 0 Å². The predicted molar refractivity (Wildman–Crippen MR) is 75.9 cm³/mol. The van der Waals surface area contributed by atoms with Crippen LogP contribution in [0.5, 0.6) is 0 Å². The maximum atomic E-state index is 5.82.